The Kier molecular flexibility index (Phi) is 5.95. The average molecular weight is 302 g/mol. The van der Waals surface area contributed by atoms with E-state index in [4.69, 9.17) is 15.2 Å². The van der Waals surface area contributed by atoms with E-state index in [1.54, 1.807) is 7.11 Å². The molecule has 0 saturated heterocycles. The van der Waals surface area contributed by atoms with Crippen molar-refractivity contribution in [3.63, 3.8) is 0 Å². The van der Waals surface area contributed by atoms with Gasteiger partial charge in [-0.3, -0.25) is 0 Å². The molecule has 0 heterocycles. The van der Waals surface area contributed by atoms with Gasteiger partial charge in [-0.25, -0.2) is 0 Å². The highest BCUT2D eigenvalue weighted by molar-refractivity contribution is 9.10. The molecule has 0 aliphatic rings. The Balaban J connectivity index is 2.69. The summed E-state index contributed by atoms with van der Waals surface area (Å²) in [6, 6.07) is 6.23. The number of nitrogens with two attached hydrogens (primary N) is 1. The first-order valence-corrected chi connectivity index (χ1v) is 6.51. The molecule has 2 N–H and O–H groups in total. The summed E-state index contributed by atoms with van der Waals surface area (Å²) < 4.78 is 11.7. The van der Waals surface area contributed by atoms with E-state index in [2.05, 4.69) is 22.0 Å². The topological polar surface area (TPSA) is 44.5 Å². The summed E-state index contributed by atoms with van der Waals surface area (Å²) in [6.45, 7) is 4.55. The Morgan fingerprint density at radius 2 is 2.06 bits per heavy atom. The molecule has 0 saturated carbocycles. The summed E-state index contributed by atoms with van der Waals surface area (Å²) in [7, 11) is 1.67. The molecule has 0 radical (unpaired) electrons. The minimum absolute atomic E-state index is 0.0376. The third-order valence-corrected chi connectivity index (χ3v) is 2.90. The quantitative estimate of drug-likeness (QED) is 0.879. The Bertz CT molecular complexity index is 355. The van der Waals surface area contributed by atoms with Crippen molar-refractivity contribution in [1.82, 2.24) is 0 Å². The van der Waals surface area contributed by atoms with Crippen molar-refractivity contribution in [2.45, 2.75) is 32.4 Å². The first-order chi connectivity index (χ1) is 8.02. The minimum Gasteiger partial charge on any atom is -0.487 e. The second-order valence-corrected chi connectivity index (χ2v) is 5.18. The lowest BCUT2D eigenvalue weighted by Gasteiger charge is -2.16. The third kappa shape index (κ3) is 5.06. The predicted octanol–water partition coefficient (Wildman–Crippen LogP) is 2.75. The molecule has 0 bridgehead atoms. The van der Waals surface area contributed by atoms with Crippen molar-refractivity contribution < 1.29 is 9.47 Å². The van der Waals surface area contributed by atoms with Crippen LogP contribution in [0.25, 0.3) is 0 Å². The van der Waals surface area contributed by atoms with E-state index in [1.807, 2.05) is 26.0 Å². The summed E-state index contributed by atoms with van der Waals surface area (Å²) >= 11 is 3.51. The van der Waals surface area contributed by atoms with Gasteiger partial charge in [-0.2, -0.15) is 0 Å². The van der Waals surface area contributed by atoms with E-state index in [-0.39, 0.29) is 12.1 Å². The van der Waals surface area contributed by atoms with Crippen LogP contribution in [-0.4, -0.2) is 25.9 Å². The van der Waals surface area contributed by atoms with Crippen LogP contribution in [0.15, 0.2) is 22.7 Å². The van der Waals surface area contributed by atoms with E-state index in [0.29, 0.717) is 6.61 Å². The fraction of sp³-hybridized carbons (Fsp3) is 0.538. The highest BCUT2D eigenvalue weighted by Crippen LogP contribution is 2.27. The van der Waals surface area contributed by atoms with Crippen LogP contribution in [0.3, 0.4) is 0 Å². The summed E-state index contributed by atoms with van der Waals surface area (Å²) in [5.41, 5.74) is 6.98. The molecule has 1 aromatic rings. The van der Waals surface area contributed by atoms with Crippen LogP contribution in [0.2, 0.25) is 0 Å². The summed E-state index contributed by atoms with van der Waals surface area (Å²) in [5.74, 6) is 0.836. The lowest BCUT2D eigenvalue weighted by atomic mass is 10.1. The van der Waals surface area contributed by atoms with Crippen LogP contribution in [0, 0.1) is 0 Å². The second kappa shape index (κ2) is 6.99. The predicted molar refractivity (Wildman–Crippen MR) is 73.5 cm³/mol. The minimum atomic E-state index is 0.0376. The fourth-order valence-corrected chi connectivity index (χ4v) is 2.14. The van der Waals surface area contributed by atoms with E-state index in [0.717, 1.165) is 16.6 Å². The van der Waals surface area contributed by atoms with Crippen molar-refractivity contribution in [3.8, 4) is 5.75 Å². The highest BCUT2D eigenvalue weighted by atomic mass is 79.9. The first kappa shape index (κ1) is 14.5. The van der Waals surface area contributed by atoms with Crippen molar-refractivity contribution in [1.29, 1.82) is 0 Å². The molecule has 1 aromatic carbocycles. The summed E-state index contributed by atoms with van der Waals surface area (Å²) in [4.78, 5) is 0. The van der Waals surface area contributed by atoms with Gasteiger partial charge < -0.3 is 15.2 Å². The van der Waals surface area contributed by atoms with Gasteiger partial charge in [-0.1, -0.05) is 6.07 Å². The number of rotatable bonds is 6. The smallest absolute Gasteiger partial charge is 0.134 e. The Hall–Kier alpha value is -0.580. The van der Waals surface area contributed by atoms with Crippen molar-refractivity contribution in [2.24, 2.45) is 5.73 Å². The molecular formula is C13H20BrNO2. The van der Waals surface area contributed by atoms with Gasteiger partial charge in [0.05, 0.1) is 11.1 Å². The zero-order valence-corrected chi connectivity index (χ0v) is 12.2. The number of halogens is 1. The van der Waals surface area contributed by atoms with Gasteiger partial charge in [-0.05, 0) is 53.9 Å². The fourth-order valence-electron chi connectivity index (χ4n) is 1.62. The zero-order valence-electron chi connectivity index (χ0n) is 10.6. The lowest BCUT2D eigenvalue weighted by molar-refractivity contribution is 0.0916. The van der Waals surface area contributed by atoms with E-state index >= 15 is 0 Å². The number of benzene rings is 1. The monoisotopic (exact) mass is 301 g/mol. The van der Waals surface area contributed by atoms with Crippen molar-refractivity contribution in [2.75, 3.05) is 13.7 Å². The molecule has 4 heteroatoms. The average Bonchev–Trinajstić information content (AvgIpc) is 2.21. The maximum Gasteiger partial charge on any atom is 0.134 e. The van der Waals surface area contributed by atoms with Gasteiger partial charge in [0.25, 0.3) is 0 Å². The normalized spacial score (nSPS) is 14.4. The molecule has 3 nitrogen and oxygen atoms in total. The van der Waals surface area contributed by atoms with Crippen LogP contribution in [0.1, 0.15) is 19.4 Å². The first-order valence-electron chi connectivity index (χ1n) is 5.72. The molecule has 2 atom stereocenters. The molecule has 1 rings (SSSR count). The molecule has 0 aromatic heterocycles. The molecule has 0 aliphatic heterocycles. The van der Waals surface area contributed by atoms with E-state index < -0.39 is 0 Å². The molecular weight excluding hydrogens is 282 g/mol. The van der Waals surface area contributed by atoms with Crippen LogP contribution >= 0.6 is 15.9 Å². The van der Waals surface area contributed by atoms with Crippen LogP contribution < -0.4 is 10.5 Å². The zero-order chi connectivity index (χ0) is 12.8. The van der Waals surface area contributed by atoms with Gasteiger partial charge in [-0.15, -0.1) is 0 Å². The number of ether oxygens (including phenoxy) is 2. The Morgan fingerprint density at radius 1 is 1.35 bits per heavy atom. The highest BCUT2D eigenvalue weighted by Gasteiger charge is 2.08. The Labute approximate surface area is 111 Å². The molecule has 2 unspecified atom stereocenters. The summed E-state index contributed by atoms with van der Waals surface area (Å²) in [5, 5.41) is 0. The largest absolute Gasteiger partial charge is 0.487 e. The second-order valence-electron chi connectivity index (χ2n) is 4.33. The Morgan fingerprint density at radius 3 is 2.59 bits per heavy atom. The van der Waals surface area contributed by atoms with E-state index in [9.17, 15) is 0 Å². The van der Waals surface area contributed by atoms with Gasteiger partial charge in [0, 0.05) is 13.2 Å². The van der Waals surface area contributed by atoms with E-state index in [1.165, 1.54) is 5.56 Å². The maximum absolute atomic E-state index is 5.77. The molecule has 96 valence electrons. The molecule has 0 spiro atoms. The maximum atomic E-state index is 5.77. The SMILES string of the molecule is COCC(C)Oc1ccc(CC(C)N)cc1Br. The van der Waals surface area contributed by atoms with Crippen LogP contribution in [0.4, 0.5) is 0 Å². The standard InChI is InChI=1S/C13H20BrNO2/c1-9(15)6-11-4-5-13(12(14)7-11)17-10(2)8-16-3/h4-5,7,9-10H,6,8,15H2,1-3H3. The number of methoxy groups -OCH3 is 1. The van der Waals surface area contributed by atoms with Crippen molar-refractivity contribution in [3.05, 3.63) is 28.2 Å². The van der Waals surface area contributed by atoms with Crippen molar-refractivity contribution >= 4 is 15.9 Å². The third-order valence-electron chi connectivity index (χ3n) is 2.28. The number of hydrogen-bond donors (Lipinski definition) is 1. The van der Waals surface area contributed by atoms with Crippen LogP contribution in [0.5, 0.6) is 5.75 Å². The molecule has 0 aliphatic carbocycles. The van der Waals surface area contributed by atoms with Gasteiger partial charge in [0.2, 0.25) is 0 Å². The van der Waals surface area contributed by atoms with Gasteiger partial charge in [0.15, 0.2) is 0 Å². The molecule has 0 fully saturated rings. The van der Waals surface area contributed by atoms with Gasteiger partial charge in [0.1, 0.15) is 11.9 Å². The molecule has 0 amide bonds. The van der Waals surface area contributed by atoms with Gasteiger partial charge >= 0.3 is 0 Å². The summed E-state index contributed by atoms with van der Waals surface area (Å²) in [6.07, 6.45) is 0.905. The number of hydrogen-bond acceptors (Lipinski definition) is 3. The molecule has 17 heavy (non-hydrogen) atoms. The van der Waals surface area contributed by atoms with Crippen LogP contribution in [-0.2, 0) is 11.2 Å². The lowest BCUT2D eigenvalue weighted by Crippen LogP contribution is -2.19.